The molecule has 136 valence electrons. The molecule has 1 unspecified atom stereocenters. The molecule has 0 bridgehead atoms. The van der Waals surface area contributed by atoms with Crippen LogP contribution < -0.4 is 10.6 Å². The van der Waals surface area contributed by atoms with Gasteiger partial charge in [-0.3, -0.25) is 4.40 Å². The monoisotopic (exact) mass is 355 g/mol. The largest absolute Gasteiger partial charge is 0.386 e. The van der Waals surface area contributed by atoms with Gasteiger partial charge in [0.15, 0.2) is 0 Å². The molecular formula is C19H22FN5O. The molecule has 1 aliphatic heterocycles. The first-order chi connectivity index (χ1) is 12.4. The minimum Gasteiger partial charge on any atom is -0.386 e. The van der Waals surface area contributed by atoms with Gasteiger partial charge in [0, 0.05) is 19.3 Å². The third kappa shape index (κ3) is 3.15. The van der Waals surface area contributed by atoms with E-state index in [-0.39, 0.29) is 6.04 Å². The minimum atomic E-state index is -0.922. The summed E-state index contributed by atoms with van der Waals surface area (Å²) < 4.78 is 15.7. The molecule has 3 aromatic rings. The smallest absolute Gasteiger partial charge is 0.137 e. The zero-order chi connectivity index (χ0) is 18.3. The number of pyridine rings is 2. The van der Waals surface area contributed by atoms with E-state index in [0.29, 0.717) is 18.9 Å². The highest BCUT2D eigenvalue weighted by Crippen LogP contribution is 2.25. The normalized spacial score (nSPS) is 20.6. The molecule has 1 fully saturated rings. The molecule has 4 heterocycles. The predicted molar refractivity (Wildman–Crippen MR) is 98.8 cm³/mol. The molecule has 1 aliphatic rings. The third-order valence-electron chi connectivity index (χ3n) is 4.70. The average molecular weight is 355 g/mol. The van der Waals surface area contributed by atoms with Crippen LogP contribution in [0.2, 0.25) is 0 Å². The molecule has 0 saturated carbocycles. The standard InChI is InChI=1S/C19H22FN5O/c1-19(2,26)12-6-7-25-16(11-22-18(25)8-12)14-4-3-5-17(23-14)24-15-10-21-9-13(15)20/h3-8,11,13,15,21,26H,9-10H2,1-2H3,(H,23,24)/t13?,15-/m0/s1. The molecule has 2 atom stereocenters. The second-order valence-corrected chi connectivity index (χ2v) is 7.18. The van der Waals surface area contributed by atoms with Crippen molar-refractivity contribution in [3.05, 3.63) is 48.3 Å². The Bertz CT molecular complexity index is 933. The second-order valence-electron chi connectivity index (χ2n) is 7.18. The van der Waals surface area contributed by atoms with E-state index in [2.05, 4.69) is 20.6 Å². The lowest BCUT2D eigenvalue weighted by atomic mass is 10.00. The second kappa shape index (κ2) is 6.34. The first kappa shape index (κ1) is 16.9. The maximum absolute atomic E-state index is 13.8. The van der Waals surface area contributed by atoms with Crippen LogP contribution >= 0.6 is 0 Å². The number of hydrogen-bond donors (Lipinski definition) is 3. The van der Waals surface area contributed by atoms with E-state index in [9.17, 15) is 9.50 Å². The summed E-state index contributed by atoms with van der Waals surface area (Å²) in [4.78, 5) is 9.05. The number of hydrogen-bond acceptors (Lipinski definition) is 5. The molecule has 0 aromatic carbocycles. The van der Waals surface area contributed by atoms with Gasteiger partial charge in [-0.2, -0.15) is 0 Å². The van der Waals surface area contributed by atoms with Crippen LogP contribution in [0.4, 0.5) is 10.2 Å². The fraction of sp³-hybridized carbons (Fsp3) is 0.368. The number of halogens is 1. The molecule has 0 aliphatic carbocycles. The first-order valence-corrected chi connectivity index (χ1v) is 8.70. The number of aromatic nitrogens is 3. The van der Waals surface area contributed by atoms with E-state index in [0.717, 1.165) is 22.6 Å². The topological polar surface area (TPSA) is 74.5 Å². The molecule has 0 amide bonds. The highest BCUT2D eigenvalue weighted by atomic mass is 19.1. The van der Waals surface area contributed by atoms with Gasteiger partial charge in [-0.05, 0) is 43.7 Å². The Morgan fingerprint density at radius 1 is 1.31 bits per heavy atom. The van der Waals surface area contributed by atoms with Crippen molar-refractivity contribution >= 4 is 11.5 Å². The number of aliphatic hydroxyl groups is 1. The van der Waals surface area contributed by atoms with Crippen LogP contribution in [-0.4, -0.2) is 44.8 Å². The molecule has 7 heteroatoms. The number of nitrogens with zero attached hydrogens (tertiary/aromatic N) is 3. The van der Waals surface area contributed by atoms with Crippen LogP contribution in [0.3, 0.4) is 0 Å². The summed E-state index contributed by atoms with van der Waals surface area (Å²) in [5, 5.41) is 16.4. The Hall–Kier alpha value is -2.51. The molecular weight excluding hydrogens is 333 g/mol. The van der Waals surface area contributed by atoms with Gasteiger partial charge in [-0.15, -0.1) is 0 Å². The van der Waals surface area contributed by atoms with E-state index in [4.69, 9.17) is 0 Å². The fourth-order valence-electron chi connectivity index (χ4n) is 3.19. The van der Waals surface area contributed by atoms with Crippen LogP contribution in [0.1, 0.15) is 19.4 Å². The summed E-state index contributed by atoms with van der Waals surface area (Å²) in [5.41, 5.74) is 2.21. The Kier molecular flexibility index (Phi) is 4.13. The van der Waals surface area contributed by atoms with E-state index in [1.54, 1.807) is 20.0 Å². The first-order valence-electron chi connectivity index (χ1n) is 8.70. The lowest BCUT2D eigenvalue weighted by Gasteiger charge is -2.17. The molecule has 3 N–H and O–H groups in total. The molecule has 0 radical (unpaired) electrons. The van der Waals surface area contributed by atoms with Gasteiger partial charge in [0.1, 0.15) is 17.6 Å². The van der Waals surface area contributed by atoms with Crippen molar-refractivity contribution in [3.63, 3.8) is 0 Å². The van der Waals surface area contributed by atoms with Gasteiger partial charge < -0.3 is 15.7 Å². The molecule has 3 aromatic heterocycles. The van der Waals surface area contributed by atoms with Gasteiger partial charge in [0.05, 0.1) is 29.2 Å². The lowest BCUT2D eigenvalue weighted by Crippen LogP contribution is -2.29. The minimum absolute atomic E-state index is 0.269. The Morgan fingerprint density at radius 3 is 2.88 bits per heavy atom. The Labute approximate surface area is 151 Å². The van der Waals surface area contributed by atoms with Crippen LogP contribution in [0.5, 0.6) is 0 Å². The van der Waals surface area contributed by atoms with Gasteiger partial charge in [-0.25, -0.2) is 14.4 Å². The molecule has 0 spiro atoms. The van der Waals surface area contributed by atoms with Gasteiger partial charge in [0.2, 0.25) is 0 Å². The zero-order valence-corrected chi connectivity index (χ0v) is 14.8. The maximum atomic E-state index is 13.8. The number of imidazole rings is 1. The Balaban J connectivity index is 1.66. The summed E-state index contributed by atoms with van der Waals surface area (Å²) in [6.45, 7) is 4.45. The van der Waals surface area contributed by atoms with Crippen molar-refractivity contribution in [2.75, 3.05) is 18.4 Å². The van der Waals surface area contributed by atoms with Gasteiger partial charge in [-0.1, -0.05) is 6.07 Å². The summed E-state index contributed by atoms with van der Waals surface area (Å²) in [6, 6.07) is 9.10. The van der Waals surface area contributed by atoms with Crippen LogP contribution in [0, 0.1) is 0 Å². The number of alkyl halides is 1. The summed E-state index contributed by atoms with van der Waals surface area (Å²) >= 11 is 0. The van der Waals surface area contributed by atoms with E-state index in [1.165, 1.54) is 0 Å². The quantitative estimate of drug-likeness (QED) is 0.670. The van der Waals surface area contributed by atoms with Crippen molar-refractivity contribution in [1.82, 2.24) is 19.7 Å². The van der Waals surface area contributed by atoms with E-state index >= 15 is 0 Å². The van der Waals surface area contributed by atoms with Crippen LogP contribution in [-0.2, 0) is 5.60 Å². The maximum Gasteiger partial charge on any atom is 0.137 e. The van der Waals surface area contributed by atoms with Crippen LogP contribution in [0.25, 0.3) is 17.0 Å². The number of rotatable bonds is 4. The van der Waals surface area contributed by atoms with Crippen molar-refractivity contribution in [2.24, 2.45) is 0 Å². The molecule has 6 nitrogen and oxygen atoms in total. The van der Waals surface area contributed by atoms with Crippen molar-refractivity contribution in [3.8, 4) is 11.4 Å². The van der Waals surface area contributed by atoms with Crippen molar-refractivity contribution in [2.45, 2.75) is 31.7 Å². The number of anilines is 1. The summed E-state index contributed by atoms with van der Waals surface area (Å²) in [5.74, 6) is 0.641. The van der Waals surface area contributed by atoms with E-state index < -0.39 is 11.8 Å². The predicted octanol–water partition coefficient (Wildman–Crippen LogP) is 2.35. The summed E-state index contributed by atoms with van der Waals surface area (Å²) in [7, 11) is 0. The van der Waals surface area contributed by atoms with Gasteiger partial charge in [0.25, 0.3) is 0 Å². The van der Waals surface area contributed by atoms with Crippen molar-refractivity contribution in [1.29, 1.82) is 0 Å². The van der Waals surface area contributed by atoms with E-state index in [1.807, 2.05) is 40.9 Å². The average Bonchev–Trinajstić information content (AvgIpc) is 3.20. The summed E-state index contributed by atoms with van der Waals surface area (Å²) in [6.07, 6.45) is 2.71. The Morgan fingerprint density at radius 2 is 2.15 bits per heavy atom. The highest BCUT2D eigenvalue weighted by molar-refractivity contribution is 5.62. The number of fused-ring (bicyclic) bond motifs is 1. The molecule has 4 rings (SSSR count). The molecule has 26 heavy (non-hydrogen) atoms. The van der Waals surface area contributed by atoms with Crippen LogP contribution in [0.15, 0.2) is 42.7 Å². The zero-order valence-electron chi connectivity index (χ0n) is 14.8. The molecule has 1 saturated heterocycles. The fourth-order valence-corrected chi connectivity index (χ4v) is 3.19. The SMILES string of the molecule is CC(C)(O)c1ccn2c(-c3cccc(N[C@H]4CNCC4F)n3)cnc2c1. The number of nitrogens with one attached hydrogen (secondary N) is 2. The lowest BCUT2D eigenvalue weighted by molar-refractivity contribution is 0.0786. The highest BCUT2D eigenvalue weighted by Gasteiger charge is 2.26. The van der Waals surface area contributed by atoms with Gasteiger partial charge >= 0.3 is 0 Å². The third-order valence-corrected chi connectivity index (χ3v) is 4.70. The van der Waals surface area contributed by atoms with Crippen molar-refractivity contribution < 1.29 is 9.50 Å².